The van der Waals surface area contributed by atoms with E-state index in [2.05, 4.69) is 31.1 Å². The predicted molar refractivity (Wildman–Crippen MR) is 52.6 cm³/mol. The monoisotopic (exact) mass is 180 g/mol. The van der Waals surface area contributed by atoms with Gasteiger partial charge in [0.25, 0.3) is 5.91 Å². The van der Waals surface area contributed by atoms with Gasteiger partial charge in [-0.2, -0.15) is 0 Å². The van der Waals surface area contributed by atoms with E-state index in [1.54, 1.807) is 12.3 Å². The summed E-state index contributed by atoms with van der Waals surface area (Å²) in [5, 5.41) is 2.85. The number of carbonyl (C=O) groups is 1. The molecule has 1 amide bonds. The molecular formula is C10H16N2O. The molecule has 3 nitrogen and oxygen atoms in total. The average molecular weight is 180 g/mol. The highest BCUT2D eigenvalue weighted by atomic mass is 16.1. The lowest BCUT2D eigenvalue weighted by atomic mass is 9.97. The van der Waals surface area contributed by atoms with Gasteiger partial charge in [0.05, 0.1) is 0 Å². The fourth-order valence-electron chi connectivity index (χ4n) is 0.912. The lowest BCUT2D eigenvalue weighted by Crippen LogP contribution is -2.32. The Morgan fingerprint density at radius 3 is 2.69 bits per heavy atom. The predicted octanol–water partition coefficient (Wildman–Crippen LogP) is 1.79. The third kappa shape index (κ3) is 3.32. The Bertz CT molecular complexity index is 270. The Kier molecular flexibility index (Phi) is 2.76. The molecule has 1 heterocycles. The van der Waals surface area contributed by atoms with E-state index < -0.39 is 0 Å². The van der Waals surface area contributed by atoms with Crippen molar-refractivity contribution in [2.75, 3.05) is 6.54 Å². The van der Waals surface area contributed by atoms with Gasteiger partial charge in [0.1, 0.15) is 5.69 Å². The number of H-pyrrole nitrogens is 1. The van der Waals surface area contributed by atoms with Crippen molar-refractivity contribution in [3.8, 4) is 0 Å². The van der Waals surface area contributed by atoms with Gasteiger partial charge in [-0.25, -0.2) is 0 Å². The van der Waals surface area contributed by atoms with Crippen LogP contribution in [0.2, 0.25) is 0 Å². The maximum Gasteiger partial charge on any atom is 0.267 e. The van der Waals surface area contributed by atoms with E-state index in [0.717, 1.165) is 0 Å². The van der Waals surface area contributed by atoms with Gasteiger partial charge < -0.3 is 10.3 Å². The van der Waals surface area contributed by atoms with Crippen molar-refractivity contribution >= 4 is 5.91 Å². The van der Waals surface area contributed by atoms with Crippen molar-refractivity contribution in [2.45, 2.75) is 20.8 Å². The molecule has 0 aliphatic carbocycles. The quantitative estimate of drug-likeness (QED) is 0.716. The van der Waals surface area contributed by atoms with Gasteiger partial charge in [-0.15, -0.1) is 0 Å². The Hall–Kier alpha value is -1.25. The van der Waals surface area contributed by atoms with Crippen LogP contribution >= 0.6 is 0 Å². The number of nitrogens with one attached hydrogen (secondary N) is 2. The highest BCUT2D eigenvalue weighted by Gasteiger charge is 2.12. The Morgan fingerprint density at radius 2 is 2.23 bits per heavy atom. The van der Waals surface area contributed by atoms with Gasteiger partial charge in [0.2, 0.25) is 0 Å². The van der Waals surface area contributed by atoms with Crippen LogP contribution in [-0.4, -0.2) is 17.4 Å². The van der Waals surface area contributed by atoms with E-state index in [0.29, 0.717) is 12.2 Å². The minimum absolute atomic E-state index is 0.0417. The van der Waals surface area contributed by atoms with E-state index in [1.165, 1.54) is 0 Å². The summed E-state index contributed by atoms with van der Waals surface area (Å²) in [7, 11) is 0. The zero-order valence-corrected chi connectivity index (χ0v) is 8.35. The second-order valence-corrected chi connectivity index (χ2v) is 4.33. The molecule has 1 aromatic heterocycles. The van der Waals surface area contributed by atoms with Crippen LogP contribution in [0.3, 0.4) is 0 Å². The van der Waals surface area contributed by atoms with Crippen LogP contribution in [0.15, 0.2) is 18.3 Å². The molecule has 2 N–H and O–H groups in total. The lowest BCUT2D eigenvalue weighted by Gasteiger charge is -2.18. The molecule has 0 aliphatic rings. The third-order valence-electron chi connectivity index (χ3n) is 1.62. The second-order valence-electron chi connectivity index (χ2n) is 4.33. The van der Waals surface area contributed by atoms with Crippen LogP contribution in [0.5, 0.6) is 0 Å². The first-order chi connectivity index (χ1) is 5.99. The average Bonchev–Trinajstić information content (AvgIpc) is 2.50. The van der Waals surface area contributed by atoms with Crippen LogP contribution in [0, 0.1) is 5.41 Å². The van der Waals surface area contributed by atoms with Gasteiger partial charge in [0, 0.05) is 12.7 Å². The molecule has 0 bridgehead atoms. The topological polar surface area (TPSA) is 44.9 Å². The first-order valence-corrected chi connectivity index (χ1v) is 4.41. The Morgan fingerprint density at radius 1 is 1.54 bits per heavy atom. The molecule has 0 fully saturated rings. The smallest absolute Gasteiger partial charge is 0.267 e. The number of hydrogen-bond acceptors (Lipinski definition) is 1. The SMILES string of the molecule is CC(C)(C)CNC(=O)c1ccc[nH]1. The summed E-state index contributed by atoms with van der Waals surface area (Å²) < 4.78 is 0. The standard InChI is InChI=1S/C10H16N2O/c1-10(2,3)7-12-9(13)8-5-4-6-11-8/h4-6,11H,7H2,1-3H3,(H,12,13). The zero-order chi connectivity index (χ0) is 9.90. The highest BCUT2D eigenvalue weighted by molar-refractivity contribution is 5.92. The van der Waals surface area contributed by atoms with E-state index in [4.69, 9.17) is 0 Å². The van der Waals surface area contributed by atoms with E-state index in [9.17, 15) is 4.79 Å². The molecule has 0 radical (unpaired) electrons. The fourth-order valence-corrected chi connectivity index (χ4v) is 0.912. The molecule has 0 unspecified atom stereocenters. The molecule has 0 atom stereocenters. The lowest BCUT2D eigenvalue weighted by molar-refractivity contribution is 0.0935. The molecule has 0 aliphatic heterocycles. The van der Waals surface area contributed by atoms with Crippen LogP contribution in [0.1, 0.15) is 31.3 Å². The molecule has 13 heavy (non-hydrogen) atoms. The van der Waals surface area contributed by atoms with Crippen molar-refractivity contribution in [3.63, 3.8) is 0 Å². The van der Waals surface area contributed by atoms with Crippen molar-refractivity contribution < 1.29 is 4.79 Å². The summed E-state index contributed by atoms with van der Waals surface area (Å²) in [6.07, 6.45) is 1.74. The second kappa shape index (κ2) is 3.64. The number of amides is 1. The van der Waals surface area contributed by atoms with Crippen LogP contribution < -0.4 is 5.32 Å². The number of hydrogen-bond donors (Lipinski definition) is 2. The first-order valence-electron chi connectivity index (χ1n) is 4.41. The molecule has 72 valence electrons. The summed E-state index contributed by atoms with van der Waals surface area (Å²) >= 11 is 0. The number of aromatic amines is 1. The largest absolute Gasteiger partial charge is 0.357 e. The highest BCUT2D eigenvalue weighted by Crippen LogP contribution is 2.10. The summed E-state index contributed by atoms with van der Waals surface area (Å²) in [6, 6.07) is 3.57. The van der Waals surface area contributed by atoms with Gasteiger partial charge in [-0.3, -0.25) is 4.79 Å². The Labute approximate surface area is 78.5 Å². The number of rotatable bonds is 2. The van der Waals surface area contributed by atoms with E-state index >= 15 is 0 Å². The summed E-state index contributed by atoms with van der Waals surface area (Å²) in [6.45, 7) is 6.94. The molecular weight excluding hydrogens is 164 g/mol. The Balaban J connectivity index is 2.44. The van der Waals surface area contributed by atoms with Gasteiger partial charge in [-0.05, 0) is 17.5 Å². The summed E-state index contributed by atoms with van der Waals surface area (Å²) in [5.41, 5.74) is 0.742. The van der Waals surface area contributed by atoms with Crippen molar-refractivity contribution in [1.29, 1.82) is 0 Å². The fraction of sp³-hybridized carbons (Fsp3) is 0.500. The number of aromatic nitrogens is 1. The maximum atomic E-state index is 11.4. The molecule has 0 spiro atoms. The molecule has 3 heteroatoms. The van der Waals surface area contributed by atoms with Gasteiger partial charge in [-0.1, -0.05) is 20.8 Å². The zero-order valence-electron chi connectivity index (χ0n) is 8.35. The van der Waals surface area contributed by atoms with Crippen molar-refractivity contribution in [1.82, 2.24) is 10.3 Å². The maximum absolute atomic E-state index is 11.4. The third-order valence-corrected chi connectivity index (χ3v) is 1.62. The van der Waals surface area contributed by atoms with Gasteiger partial charge in [0.15, 0.2) is 0 Å². The minimum atomic E-state index is -0.0417. The molecule has 0 aromatic carbocycles. The molecule has 0 saturated carbocycles. The van der Waals surface area contributed by atoms with Crippen LogP contribution in [0.25, 0.3) is 0 Å². The normalized spacial score (nSPS) is 11.3. The molecule has 1 rings (SSSR count). The van der Waals surface area contributed by atoms with E-state index in [-0.39, 0.29) is 11.3 Å². The minimum Gasteiger partial charge on any atom is -0.357 e. The molecule has 1 aromatic rings. The molecule has 0 saturated heterocycles. The van der Waals surface area contributed by atoms with Crippen LogP contribution in [0.4, 0.5) is 0 Å². The van der Waals surface area contributed by atoms with Crippen molar-refractivity contribution in [3.05, 3.63) is 24.0 Å². The van der Waals surface area contributed by atoms with E-state index in [1.807, 2.05) is 6.07 Å². The summed E-state index contributed by atoms with van der Waals surface area (Å²) in [5.74, 6) is -0.0417. The number of carbonyl (C=O) groups excluding carboxylic acids is 1. The van der Waals surface area contributed by atoms with Gasteiger partial charge >= 0.3 is 0 Å². The van der Waals surface area contributed by atoms with Crippen LogP contribution in [-0.2, 0) is 0 Å². The van der Waals surface area contributed by atoms with Crippen molar-refractivity contribution in [2.24, 2.45) is 5.41 Å². The first kappa shape index (κ1) is 9.84. The summed E-state index contributed by atoms with van der Waals surface area (Å²) in [4.78, 5) is 14.3.